The summed E-state index contributed by atoms with van der Waals surface area (Å²) in [6, 6.07) is 15.4. The van der Waals surface area contributed by atoms with Gasteiger partial charge in [0.05, 0.1) is 38.6 Å². The van der Waals surface area contributed by atoms with E-state index in [0.717, 1.165) is 11.3 Å². The summed E-state index contributed by atoms with van der Waals surface area (Å²) in [6.07, 6.45) is 2.87. The van der Waals surface area contributed by atoms with Crippen molar-refractivity contribution in [2.24, 2.45) is 4.99 Å². The van der Waals surface area contributed by atoms with Gasteiger partial charge in [-0.1, -0.05) is 12.1 Å². The molecule has 0 aliphatic carbocycles. The molecule has 0 spiro atoms. The number of benzene rings is 2. The molecule has 0 fully saturated rings. The number of methoxy groups -OCH3 is 2. The van der Waals surface area contributed by atoms with Crippen LogP contribution in [0.15, 0.2) is 65.9 Å². The minimum Gasteiger partial charge on any atom is -0.497 e. The van der Waals surface area contributed by atoms with Crippen LogP contribution in [0.3, 0.4) is 0 Å². The lowest BCUT2D eigenvalue weighted by atomic mass is 10.1. The summed E-state index contributed by atoms with van der Waals surface area (Å²) < 4.78 is 12.4. The second-order valence-corrected chi connectivity index (χ2v) is 7.29. The van der Waals surface area contributed by atoms with Crippen LogP contribution in [0.25, 0.3) is 5.69 Å². The number of nitrogens with one attached hydrogen (secondary N) is 2. The summed E-state index contributed by atoms with van der Waals surface area (Å²) in [5.74, 6) is 1.87. The molecule has 9 heteroatoms. The first-order valence-electron chi connectivity index (χ1n) is 10.6. The molecule has 0 aliphatic heterocycles. The number of halogens is 1. The minimum absolute atomic E-state index is 0. The van der Waals surface area contributed by atoms with Gasteiger partial charge in [0.1, 0.15) is 11.5 Å². The zero-order valence-electron chi connectivity index (χ0n) is 19.4. The predicted molar refractivity (Wildman–Crippen MR) is 141 cm³/mol. The van der Waals surface area contributed by atoms with Crippen molar-refractivity contribution in [1.82, 2.24) is 20.4 Å². The highest BCUT2D eigenvalue weighted by Crippen LogP contribution is 2.26. The summed E-state index contributed by atoms with van der Waals surface area (Å²) in [4.78, 5) is 4.58. The first kappa shape index (κ1) is 26.5. The van der Waals surface area contributed by atoms with Gasteiger partial charge in [-0.15, -0.1) is 24.0 Å². The van der Waals surface area contributed by atoms with E-state index in [1.54, 1.807) is 38.6 Å². The second-order valence-electron chi connectivity index (χ2n) is 7.29. The van der Waals surface area contributed by atoms with Crippen LogP contribution in [0.4, 0.5) is 0 Å². The normalized spacial score (nSPS) is 12.9. The maximum absolute atomic E-state index is 10.7. The molecule has 3 rings (SSSR count). The average molecular weight is 565 g/mol. The molecule has 0 saturated heterocycles. The summed E-state index contributed by atoms with van der Waals surface area (Å²) >= 11 is 0. The summed E-state index contributed by atoms with van der Waals surface area (Å²) in [5, 5.41) is 21.6. The van der Waals surface area contributed by atoms with Crippen molar-refractivity contribution in [3.8, 4) is 17.2 Å². The van der Waals surface area contributed by atoms with E-state index in [9.17, 15) is 5.11 Å². The SMILES string of the molecule is CCNC(=NCC(O)c1cc(OC)cc(OC)c1)NC(C)c1cccc(-n2cccn2)c1.I. The Balaban J connectivity index is 0.00000385. The van der Waals surface area contributed by atoms with Crippen LogP contribution < -0.4 is 20.1 Å². The van der Waals surface area contributed by atoms with Crippen LogP contribution in [0.2, 0.25) is 0 Å². The third-order valence-corrected chi connectivity index (χ3v) is 5.02. The molecule has 0 saturated carbocycles. The van der Waals surface area contributed by atoms with Crippen molar-refractivity contribution in [3.63, 3.8) is 0 Å². The van der Waals surface area contributed by atoms with E-state index >= 15 is 0 Å². The quantitative estimate of drug-likeness (QED) is 0.208. The van der Waals surface area contributed by atoms with Crippen LogP contribution in [-0.2, 0) is 0 Å². The number of rotatable bonds is 9. The number of ether oxygens (including phenoxy) is 2. The first-order chi connectivity index (χ1) is 15.5. The highest BCUT2D eigenvalue weighted by atomic mass is 127. The van der Waals surface area contributed by atoms with Crippen molar-refractivity contribution in [1.29, 1.82) is 0 Å². The van der Waals surface area contributed by atoms with E-state index < -0.39 is 6.10 Å². The van der Waals surface area contributed by atoms with Crippen LogP contribution in [0, 0.1) is 0 Å². The highest BCUT2D eigenvalue weighted by Gasteiger charge is 2.13. The molecule has 1 heterocycles. The maximum Gasteiger partial charge on any atom is 0.191 e. The van der Waals surface area contributed by atoms with Gasteiger partial charge in [0.25, 0.3) is 0 Å². The maximum atomic E-state index is 10.7. The Morgan fingerprint density at radius 1 is 1.09 bits per heavy atom. The van der Waals surface area contributed by atoms with Crippen molar-refractivity contribution in [2.75, 3.05) is 27.3 Å². The van der Waals surface area contributed by atoms with Gasteiger partial charge in [-0.05, 0) is 55.3 Å². The molecule has 3 aromatic rings. The van der Waals surface area contributed by atoms with E-state index in [-0.39, 0.29) is 36.6 Å². The monoisotopic (exact) mass is 565 g/mol. The molecule has 0 bridgehead atoms. The molecule has 2 aromatic carbocycles. The van der Waals surface area contributed by atoms with Gasteiger partial charge in [0, 0.05) is 25.0 Å². The molecule has 2 atom stereocenters. The number of aliphatic imine (C=N–C) groups is 1. The molecule has 0 radical (unpaired) electrons. The Hall–Kier alpha value is -2.79. The number of hydrogen-bond donors (Lipinski definition) is 3. The Labute approximate surface area is 212 Å². The second kappa shape index (κ2) is 13.0. The predicted octanol–water partition coefficient (Wildman–Crippen LogP) is 3.86. The number of nitrogens with zero attached hydrogens (tertiary/aromatic N) is 3. The lowest BCUT2D eigenvalue weighted by Crippen LogP contribution is -2.39. The van der Waals surface area contributed by atoms with E-state index in [4.69, 9.17) is 9.47 Å². The van der Waals surface area contributed by atoms with Gasteiger partial charge in [0.15, 0.2) is 5.96 Å². The van der Waals surface area contributed by atoms with Gasteiger partial charge >= 0.3 is 0 Å². The fourth-order valence-electron chi connectivity index (χ4n) is 3.27. The molecule has 178 valence electrons. The van der Waals surface area contributed by atoms with Crippen molar-refractivity contribution in [2.45, 2.75) is 26.0 Å². The van der Waals surface area contributed by atoms with E-state index in [1.165, 1.54) is 0 Å². The zero-order valence-corrected chi connectivity index (χ0v) is 21.7. The van der Waals surface area contributed by atoms with Crippen LogP contribution in [-0.4, -0.2) is 48.2 Å². The van der Waals surface area contributed by atoms with Crippen LogP contribution in [0.1, 0.15) is 37.1 Å². The lowest BCUT2D eigenvalue weighted by molar-refractivity contribution is 0.186. The molecule has 1 aromatic heterocycles. The topological polar surface area (TPSA) is 92.9 Å². The summed E-state index contributed by atoms with van der Waals surface area (Å²) in [6.45, 7) is 4.96. The number of hydrogen-bond acceptors (Lipinski definition) is 5. The molecule has 0 amide bonds. The molecule has 0 aliphatic rings. The third kappa shape index (κ3) is 7.36. The Morgan fingerprint density at radius 2 is 1.82 bits per heavy atom. The smallest absolute Gasteiger partial charge is 0.191 e. The van der Waals surface area contributed by atoms with Crippen molar-refractivity contribution >= 4 is 29.9 Å². The molecular formula is C24H32IN5O3. The molecule has 33 heavy (non-hydrogen) atoms. The van der Waals surface area contributed by atoms with Gasteiger partial charge in [-0.3, -0.25) is 4.99 Å². The summed E-state index contributed by atoms with van der Waals surface area (Å²) in [5.41, 5.74) is 2.77. The minimum atomic E-state index is -0.798. The van der Waals surface area contributed by atoms with Gasteiger partial charge in [0.2, 0.25) is 0 Å². The number of aromatic nitrogens is 2. The number of guanidine groups is 1. The van der Waals surface area contributed by atoms with E-state index in [2.05, 4.69) is 39.8 Å². The number of aliphatic hydroxyl groups excluding tert-OH is 1. The summed E-state index contributed by atoms with van der Waals surface area (Å²) in [7, 11) is 3.16. The van der Waals surface area contributed by atoms with Crippen LogP contribution >= 0.6 is 24.0 Å². The largest absolute Gasteiger partial charge is 0.497 e. The molecule has 8 nitrogen and oxygen atoms in total. The van der Waals surface area contributed by atoms with Gasteiger partial charge < -0.3 is 25.2 Å². The Bertz CT molecular complexity index is 1000. The fourth-order valence-corrected chi connectivity index (χ4v) is 3.27. The average Bonchev–Trinajstić information content (AvgIpc) is 3.37. The van der Waals surface area contributed by atoms with Gasteiger partial charge in [-0.25, -0.2) is 4.68 Å². The molecular weight excluding hydrogens is 533 g/mol. The zero-order chi connectivity index (χ0) is 22.9. The molecule has 3 N–H and O–H groups in total. The number of aliphatic hydroxyl groups is 1. The molecule has 2 unspecified atom stereocenters. The van der Waals surface area contributed by atoms with Crippen molar-refractivity contribution in [3.05, 3.63) is 72.1 Å². The Morgan fingerprint density at radius 3 is 2.42 bits per heavy atom. The van der Waals surface area contributed by atoms with Crippen LogP contribution in [0.5, 0.6) is 11.5 Å². The van der Waals surface area contributed by atoms with E-state index in [0.29, 0.717) is 29.6 Å². The first-order valence-corrected chi connectivity index (χ1v) is 10.6. The third-order valence-electron chi connectivity index (χ3n) is 5.02. The Kier molecular flexibility index (Phi) is 10.5. The van der Waals surface area contributed by atoms with Gasteiger partial charge in [-0.2, -0.15) is 5.10 Å². The fraction of sp³-hybridized carbons (Fsp3) is 0.333. The van der Waals surface area contributed by atoms with Crippen molar-refractivity contribution < 1.29 is 14.6 Å². The lowest BCUT2D eigenvalue weighted by Gasteiger charge is -2.19. The van der Waals surface area contributed by atoms with E-state index in [1.807, 2.05) is 36.0 Å². The standard InChI is InChI=1S/C24H31N5O3.HI/c1-5-25-24(26-16-23(30)19-13-21(31-3)15-22(14-19)32-4)28-17(2)18-8-6-9-20(12-18)29-11-7-10-27-29;/h6-15,17,23,30H,5,16H2,1-4H3,(H2,25,26,28);1H. The highest BCUT2D eigenvalue weighted by molar-refractivity contribution is 14.0.